The third-order valence-electron chi connectivity index (χ3n) is 2.03. The number of hydrogen-bond acceptors (Lipinski definition) is 2. The van der Waals surface area contributed by atoms with E-state index in [1.54, 1.807) is 0 Å². The highest BCUT2D eigenvalue weighted by Gasteiger charge is 2.12. The minimum absolute atomic E-state index is 0.110. The van der Waals surface area contributed by atoms with E-state index in [1.807, 2.05) is 38.1 Å². The molecule has 0 unspecified atom stereocenters. The van der Waals surface area contributed by atoms with Crippen molar-refractivity contribution in [2.45, 2.75) is 19.9 Å². The van der Waals surface area contributed by atoms with E-state index in [4.69, 9.17) is 0 Å². The molecule has 14 heavy (non-hydrogen) atoms. The second-order valence-corrected chi connectivity index (χ2v) is 4.07. The molecule has 1 atom stereocenters. The number of carbonyl (C=O) groups excluding carboxylic acids is 1. The predicted octanol–water partition coefficient (Wildman–Crippen LogP) is 2.63. The summed E-state index contributed by atoms with van der Waals surface area (Å²) in [4.78, 5) is 11.8. The fourth-order valence-corrected chi connectivity index (χ4v) is 1.53. The standard InChI is InChI=1S/C11H14BrNO/c1-3-13-8(2)11(14)9-4-6-10(12)7-5-9/h4-8,13H,3H2,1-2H3/t8-/m0/s1. The summed E-state index contributed by atoms with van der Waals surface area (Å²) in [5.74, 6) is 0.138. The second kappa shape index (κ2) is 5.27. The quantitative estimate of drug-likeness (QED) is 0.839. The Kier molecular flexibility index (Phi) is 4.29. The highest BCUT2D eigenvalue weighted by atomic mass is 79.9. The van der Waals surface area contributed by atoms with Crippen LogP contribution in [0.25, 0.3) is 0 Å². The zero-order valence-corrected chi connectivity index (χ0v) is 9.97. The summed E-state index contributed by atoms with van der Waals surface area (Å²) in [5.41, 5.74) is 0.752. The first-order valence-electron chi connectivity index (χ1n) is 4.68. The van der Waals surface area contributed by atoms with Gasteiger partial charge in [0.05, 0.1) is 6.04 Å². The van der Waals surface area contributed by atoms with Crippen molar-refractivity contribution in [2.75, 3.05) is 6.54 Å². The Labute approximate surface area is 92.8 Å². The van der Waals surface area contributed by atoms with Crippen molar-refractivity contribution >= 4 is 21.7 Å². The molecule has 3 heteroatoms. The van der Waals surface area contributed by atoms with Gasteiger partial charge in [-0.3, -0.25) is 4.79 Å². The minimum atomic E-state index is -0.110. The molecule has 76 valence electrons. The van der Waals surface area contributed by atoms with Gasteiger partial charge in [-0.2, -0.15) is 0 Å². The first kappa shape index (κ1) is 11.4. The maximum absolute atomic E-state index is 11.8. The van der Waals surface area contributed by atoms with Crippen LogP contribution < -0.4 is 5.32 Å². The molecular weight excluding hydrogens is 242 g/mol. The Hall–Kier alpha value is -0.670. The largest absolute Gasteiger partial charge is 0.308 e. The van der Waals surface area contributed by atoms with E-state index < -0.39 is 0 Å². The zero-order chi connectivity index (χ0) is 10.6. The topological polar surface area (TPSA) is 29.1 Å². The van der Waals surface area contributed by atoms with Crippen LogP contribution in [0.15, 0.2) is 28.7 Å². The number of ketones is 1. The highest BCUT2D eigenvalue weighted by Crippen LogP contribution is 2.11. The van der Waals surface area contributed by atoms with Crippen LogP contribution >= 0.6 is 15.9 Å². The maximum atomic E-state index is 11.8. The fraction of sp³-hybridized carbons (Fsp3) is 0.364. The van der Waals surface area contributed by atoms with Gasteiger partial charge in [0.2, 0.25) is 0 Å². The molecule has 1 N–H and O–H groups in total. The van der Waals surface area contributed by atoms with E-state index in [0.29, 0.717) is 0 Å². The molecule has 0 aliphatic rings. The van der Waals surface area contributed by atoms with Crippen LogP contribution in [-0.2, 0) is 0 Å². The van der Waals surface area contributed by atoms with Crippen LogP contribution in [0.1, 0.15) is 24.2 Å². The molecule has 0 amide bonds. The molecule has 1 aromatic rings. The van der Waals surface area contributed by atoms with E-state index in [2.05, 4.69) is 21.2 Å². The van der Waals surface area contributed by atoms with Crippen molar-refractivity contribution in [3.8, 4) is 0 Å². The fourth-order valence-electron chi connectivity index (χ4n) is 1.26. The molecule has 0 aromatic heterocycles. The van der Waals surface area contributed by atoms with Gasteiger partial charge in [-0.15, -0.1) is 0 Å². The lowest BCUT2D eigenvalue weighted by Gasteiger charge is -2.10. The molecule has 0 bridgehead atoms. The van der Waals surface area contributed by atoms with E-state index in [9.17, 15) is 4.79 Å². The molecule has 0 heterocycles. The summed E-state index contributed by atoms with van der Waals surface area (Å²) in [6.45, 7) is 4.68. The molecule has 2 nitrogen and oxygen atoms in total. The molecule has 0 aliphatic heterocycles. The van der Waals surface area contributed by atoms with Gasteiger partial charge < -0.3 is 5.32 Å². The lowest BCUT2D eigenvalue weighted by Crippen LogP contribution is -2.33. The molecule has 1 rings (SSSR count). The Morgan fingerprint density at radius 2 is 2.00 bits per heavy atom. The van der Waals surface area contributed by atoms with Crippen LogP contribution in [0.4, 0.5) is 0 Å². The molecular formula is C11H14BrNO. The maximum Gasteiger partial charge on any atom is 0.179 e. The zero-order valence-electron chi connectivity index (χ0n) is 8.38. The number of carbonyl (C=O) groups is 1. The van der Waals surface area contributed by atoms with Crippen LogP contribution in [-0.4, -0.2) is 18.4 Å². The molecule has 0 fully saturated rings. The number of rotatable bonds is 4. The Balaban J connectivity index is 2.74. The van der Waals surface area contributed by atoms with Gasteiger partial charge in [-0.25, -0.2) is 0 Å². The monoisotopic (exact) mass is 255 g/mol. The number of likely N-dealkylation sites (N-methyl/N-ethyl adjacent to an activating group) is 1. The van der Waals surface area contributed by atoms with Crippen molar-refractivity contribution in [3.05, 3.63) is 34.3 Å². The van der Waals surface area contributed by atoms with Crippen molar-refractivity contribution in [1.29, 1.82) is 0 Å². The van der Waals surface area contributed by atoms with Crippen molar-refractivity contribution in [2.24, 2.45) is 0 Å². The van der Waals surface area contributed by atoms with Gasteiger partial charge >= 0.3 is 0 Å². The summed E-state index contributed by atoms with van der Waals surface area (Å²) in [5, 5.41) is 3.10. The van der Waals surface area contributed by atoms with Gasteiger partial charge in [-0.05, 0) is 25.6 Å². The third-order valence-corrected chi connectivity index (χ3v) is 2.56. The van der Waals surface area contributed by atoms with Crippen LogP contribution in [0, 0.1) is 0 Å². The van der Waals surface area contributed by atoms with Crippen molar-refractivity contribution in [1.82, 2.24) is 5.32 Å². The van der Waals surface area contributed by atoms with Gasteiger partial charge in [0, 0.05) is 10.0 Å². The Bertz CT molecular complexity index is 308. The van der Waals surface area contributed by atoms with Crippen molar-refractivity contribution in [3.63, 3.8) is 0 Å². The number of benzene rings is 1. The van der Waals surface area contributed by atoms with E-state index in [1.165, 1.54) is 0 Å². The SMILES string of the molecule is CCN[C@@H](C)C(=O)c1ccc(Br)cc1. The molecule has 0 aliphatic carbocycles. The molecule has 0 saturated carbocycles. The highest BCUT2D eigenvalue weighted by molar-refractivity contribution is 9.10. The predicted molar refractivity (Wildman–Crippen MR) is 61.6 cm³/mol. The summed E-state index contributed by atoms with van der Waals surface area (Å²) < 4.78 is 0.991. The summed E-state index contributed by atoms with van der Waals surface area (Å²) in [6, 6.07) is 7.32. The first-order valence-corrected chi connectivity index (χ1v) is 5.47. The molecule has 0 radical (unpaired) electrons. The lowest BCUT2D eigenvalue weighted by molar-refractivity contribution is 0.0952. The van der Waals surface area contributed by atoms with E-state index in [0.717, 1.165) is 16.6 Å². The van der Waals surface area contributed by atoms with Gasteiger partial charge in [-0.1, -0.05) is 35.0 Å². The number of halogens is 1. The van der Waals surface area contributed by atoms with Crippen molar-refractivity contribution < 1.29 is 4.79 Å². The van der Waals surface area contributed by atoms with Crippen LogP contribution in [0.2, 0.25) is 0 Å². The summed E-state index contributed by atoms with van der Waals surface area (Å²) in [7, 11) is 0. The average Bonchev–Trinajstić information content (AvgIpc) is 2.18. The van der Waals surface area contributed by atoms with Gasteiger partial charge in [0.25, 0.3) is 0 Å². The number of Topliss-reactive ketones (excluding diaryl/α,β-unsaturated/α-hetero) is 1. The molecule has 1 aromatic carbocycles. The van der Waals surface area contributed by atoms with Crippen LogP contribution in [0.3, 0.4) is 0 Å². The lowest BCUT2D eigenvalue weighted by atomic mass is 10.1. The normalized spacial score (nSPS) is 12.5. The first-order chi connectivity index (χ1) is 6.65. The Morgan fingerprint density at radius 1 is 1.43 bits per heavy atom. The minimum Gasteiger partial charge on any atom is -0.308 e. The number of nitrogens with one attached hydrogen (secondary N) is 1. The third kappa shape index (κ3) is 2.93. The summed E-state index contributed by atoms with van der Waals surface area (Å²) in [6.07, 6.45) is 0. The average molecular weight is 256 g/mol. The van der Waals surface area contributed by atoms with E-state index in [-0.39, 0.29) is 11.8 Å². The van der Waals surface area contributed by atoms with Gasteiger partial charge in [0.1, 0.15) is 0 Å². The summed E-state index contributed by atoms with van der Waals surface area (Å²) >= 11 is 3.34. The van der Waals surface area contributed by atoms with Gasteiger partial charge in [0.15, 0.2) is 5.78 Å². The van der Waals surface area contributed by atoms with Crippen LogP contribution in [0.5, 0.6) is 0 Å². The smallest absolute Gasteiger partial charge is 0.179 e. The molecule has 0 saturated heterocycles. The Morgan fingerprint density at radius 3 is 2.50 bits per heavy atom. The number of hydrogen-bond donors (Lipinski definition) is 1. The molecule has 0 spiro atoms. The second-order valence-electron chi connectivity index (χ2n) is 3.15. The van der Waals surface area contributed by atoms with E-state index >= 15 is 0 Å².